The summed E-state index contributed by atoms with van der Waals surface area (Å²) < 4.78 is 31.9. The third kappa shape index (κ3) is 2.93. The Balaban J connectivity index is 2.36. The van der Waals surface area contributed by atoms with Crippen molar-refractivity contribution in [1.29, 1.82) is 0 Å². The van der Waals surface area contributed by atoms with Crippen LogP contribution in [0.15, 0.2) is 29.3 Å². The van der Waals surface area contributed by atoms with Gasteiger partial charge in [-0.05, 0) is 18.2 Å². The monoisotopic (exact) mass is 299 g/mol. The molecule has 7 nitrogen and oxygen atoms in total. The molecule has 2 aromatic rings. The molecule has 1 aromatic heterocycles. The Bertz CT molecular complexity index is 696. The minimum Gasteiger partial charge on any atom is -0.399 e. The number of hydrogen-bond acceptors (Lipinski definition) is 5. The van der Waals surface area contributed by atoms with Crippen LogP contribution < -0.4 is 10.5 Å². The van der Waals surface area contributed by atoms with Crippen molar-refractivity contribution in [3.05, 3.63) is 24.4 Å². The first-order chi connectivity index (χ1) is 9.47. The van der Waals surface area contributed by atoms with Crippen molar-refractivity contribution in [3.8, 4) is 0 Å². The Hall–Kier alpha value is -1.61. The average molecular weight is 299 g/mol. The maximum atomic E-state index is 12.3. The number of sulfonamides is 1. The van der Waals surface area contributed by atoms with E-state index in [1.165, 1.54) is 13.3 Å². The van der Waals surface area contributed by atoms with Gasteiger partial charge in [0, 0.05) is 29.9 Å². The van der Waals surface area contributed by atoms with Crippen LogP contribution in [0.2, 0.25) is 0 Å². The van der Waals surface area contributed by atoms with Crippen LogP contribution in [0.4, 0.5) is 5.69 Å². The number of ether oxygens (including phenoxy) is 1. The first kappa shape index (κ1) is 14.8. The summed E-state index contributed by atoms with van der Waals surface area (Å²) in [6.45, 7) is -0.257. The first-order valence-electron chi connectivity index (χ1n) is 5.96. The summed E-state index contributed by atoms with van der Waals surface area (Å²) >= 11 is 0. The van der Waals surface area contributed by atoms with E-state index in [2.05, 4.69) is 9.71 Å². The third-order valence-electron chi connectivity index (χ3n) is 2.87. The van der Waals surface area contributed by atoms with Gasteiger partial charge in [-0.2, -0.15) is 0 Å². The topological polar surface area (TPSA) is 117 Å². The molecule has 1 heterocycles. The molecule has 0 amide bonds. The largest absolute Gasteiger partial charge is 0.399 e. The minimum atomic E-state index is -3.75. The summed E-state index contributed by atoms with van der Waals surface area (Å²) in [5.74, 6) is 0. The molecule has 0 saturated heterocycles. The smallest absolute Gasteiger partial charge is 0.243 e. The second-order valence-electron chi connectivity index (χ2n) is 4.41. The molecule has 1 unspecified atom stereocenters. The number of nitrogens with two attached hydrogens (primary N) is 1. The number of rotatable bonds is 6. The molecule has 0 radical (unpaired) electrons. The van der Waals surface area contributed by atoms with Crippen LogP contribution in [-0.2, 0) is 14.8 Å². The average Bonchev–Trinajstić information content (AvgIpc) is 2.81. The number of methoxy groups -OCH3 is 1. The standard InChI is InChI=1S/C12H17N3O4S/c1-19-7-9(6-16)15-20(17,18)12-5-14-11-4-8(13)2-3-10(11)12/h2-5,9,14-16H,6-7,13H2,1H3. The van der Waals surface area contributed by atoms with Crippen LogP contribution in [0.1, 0.15) is 0 Å². The minimum absolute atomic E-state index is 0.0883. The van der Waals surface area contributed by atoms with E-state index in [0.29, 0.717) is 16.6 Å². The molecule has 1 atom stereocenters. The summed E-state index contributed by atoms with van der Waals surface area (Å²) in [7, 11) is -2.32. The quantitative estimate of drug-likeness (QED) is 0.562. The number of benzene rings is 1. The molecule has 0 bridgehead atoms. The normalized spacial score (nSPS) is 13.7. The first-order valence-corrected chi connectivity index (χ1v) is 7.45. The van der Waals surface area contributed by atoms with E-state index in [4.69, 9.17) is 15.6 Å². The zero-order chi connectivity index (χ0) is 14.8. The Morgan fingerprint density at radius 2 is 2.25 bits per heavy atom. The maximum Gasteiger partial charge on any atom is 0.243 e. The number of aliphatic hydroxyl groups excluding tert-OH is 1. The van der Waals surface area contributed by atoms with E-state index in [0.717, 1.165) is 0 Å². The molecule has 1 aromatic carbocycles. The van der Waals surface area contributed by atoms with Crippen molar-refractivity contribution < 1.29 is 18.3 Å². The van der Waals surface area contributed by atoms with E-state index >= 15 is 0 Å². The lowest BCUT2D eigenvalue weighted by atomic mass is 10.2. The van der Waals surface area contributed by atoms with Gasteiger partial charge in [0.25, 0.3) is 0 Å². The number of anilines is 1. The SMILES string of the molecule is COCC(CO)NS(=O)(=O)c1c[nH]c2cc(N)ccc12. The molecule has 110 valence electrons. The molecular formula is C12H17N3O4S. The second-order valence-corrected chi connectivity index (χ2v) is 6.10. The number of aromatic nitrogens is 1. The summed E-state index contributed by atoms with van der Waals surface area (Å²) in [4.78, 5) is 2.98. The van der Waals surface area contributed by atoms with Gasteiger partial charge in [0.2, 0.25) is 10.0 Å². The van der Waals surface area contributed by atoms with Gasteiger partial charge in [-0.15, -0.1) is 0 Å². The van der Waals surface area contributed by atoms with E-state index in [-0.39, 0.29) is 18.1 Å². The number of H-pyrrole nitrogens is 1. The van der Waals surface area contributed by atoms with E-state index in [9.17, 15) is 8.42 Å². The van der Waals surface area contributed by atoms with Crippen LogP contribution in [0.25, 0.3) is 10.9 Å². The van der Waals surface area contributed by atoms with Gasteiger partial charge < -0.3 is 20.6 Å². The summed E-state index contributed by atoms with van der Waals surface area (Å²) in [6, 6.07) is 4.24. The van der Waals surface area contributed by atoms with E-state index in [1.807, 2.05) is 0 Å². The zero-order valence-electron chi connectivity index (χ0n) is 11.0. The number of nitrogens with one attached hydrogen (secondary N) is 2. The summed E-state index contributed by atoms with van der Waals surface area (Å²) in [6.07, 6.45) is 1.40. The molecule has 5 N–H and O–H groups in total. The van der Waals surface area contributed by atoms with Gasteiger partial charge >= 0.3 is 0 Å². The highest BCUT2D eigenvalue weighted by Gasteiger charge is 2.22. The number of nitrogen functional groups attached to an aromatic ring is 1. The number of aliphatic hydroxyl groups is 1. The van der Waals surface area contributed by atoms with Gasteiger partial charge in [0.1, 0.15) is 4.90 Å². The Morgan fingerprint density at radius 1 is 1.50 bits per heavy atom. The number of hydrogen-bond donors (Lipinski definition) is 4. The highest BCUT2D eigenvalue weighted by atomic mass is 32.2. The summed E-state index contributed by atoms with van der Waals surface area (Å²) in [5.41, 5.74) is 6.83. The van der Waals surface area contributed by atoms with Crippen LogP contribution in [0, 0.1) is 0 Å². The lowest BCUT2D eigenvalue weighted by Crippen LogP contribution is -2.40. The molecule has 0 aliphatic heterocycles. The molecule has 20 heavy (non-hydrogen) atoms. The molecule has 0 aliphatic carbocycles. The highest BCUT2D eigenvalue weighted by Crippen LogP contribution is 2.24. The van der Waals surface area contributed by atoms with Crippen molar-refractivity contribution >= 4 is 26.6 Å². The molecule has 2 rings (SSSR count). The summed E-state index contributed by atoms with van der Waals surface area (Å²) in [5, 5.41) is 9.68. The lowest BCUT2D eigenvalue weighted by Gasteiger charge is -2.14. The van der Waals surface area contributed by atoms with Crippen LogP contribution in [-0.4, -0.2) is 44.9 Å². The predicted molar refractivity (Wildman–Crippen MR) is 75.8 cm³/mol. The van der Waals surface area contributed by atoms with Crippen molar-refractivity contribution in [2.24, 2.45) is 0 Å². The van der Waals surface area contributed by atoms with Gasteiger partial charge in [0.15, 0.2) is 0 Å². The molecule has 0 spiro atoms. The fourth-order valence-corrected chi connectivity index (χ4v) is 3.34. The van der Waals surface area contributed by atoms with Crippen LogP contribution in [0.5, 0.6) is 0 Å². The highest BCUT2D eigenvalue weighted by molar-refractivity contribution is 7.89. The maximum absolute atomic E-state index is 12.3. The number of aromatic amines is 1. The van der Waals surface area contributed by atoms with Crippen molar-refractivity contribution in [1.82, 2.24) is 9.71 Å². The predicted octanol–water partition coefficient (Wildman–Crippen LogP) is 0.0357. The molecule has 0 fully saturated rings. The second kappa shape index (κ2) is 5.80. The van der Waals surface area contributed by atoms with Crippen molar-refractivity contribution in [2.75, 3.05) is 26.1 Å². The Labute approximate surface area is 116 Å². The molecular weight excluding hydrogens is 282 g/mol. The van der Waals surface area contributed by atoms with Gasteiger partial charge in [0.05, 0.1) is 19.3 Å². The fourth-order valence-electron chi connectivity index (χ4n) is 1.95. The Kier molecular flexibility index (Phi) is 4.29. The lowest BCUT2D eigenvalue weighted by molar-refractivity contribution is 0.139. The molecule has 0 aliphatic rings. The number of fused-ring (bicyclic) bond motifs is 1. The van der Waals surface area contributed by atoms with Crippen molar-refractivity contribution in [3.63, 3.8) is 0 Å². The van der Waals surface area contributed by atoms with Gasteiger partial charge in [-0.25, -0.2) is 13.1 Å². The van der Waals surface area contributed by atoms with Gasteiger partial charge in [-0.1, -0.05) is 0 Å². The van der Waals surface area contributed by atoms with E-state index in [1.54, 1.807) is 18.2 Å². The fraction of sp³-hybridized carbons (Fsp3) is 0.333. The Morgan fingerprint density at radius 3 is 2.90 bits per heavy atom. The van der Waals surface area contributed by atoms with Crippen molar-refractivity contribution in [2.45, 2.75) is 10.9 Å². The molecule has 8 heteroatoms. The molecule has 0 saturated carbocycles. The van der Waals surface area contributed by atoms with Crippen LogP contribution >= 0.6 is 0 Å². The van der Waals surface area contributed by atoms with E-state index < -0.39 is 16.1 Å². The van der Waals surface area contributed by atoms with Crippen LogP contribution in [0.3, 0.4) is 0 Å². The van der Waals surface area contributed by atoms with Gasteiger partial charge in [-0.3, -0.25) is 0 Å². The zero-order valence-corrected chi connectivity index (χ0v) is 11.8. The third-order valence-corrected chi connectivity index (χ3v) is 4.43.